The fourth-order valence-corrected chi connectivity index (χ4v) is 2.91. The fourth-order valence-electron chi connectivity index (χ4n) is 2.53. The second-order valence-corrected chi connectivity index (χ2v) is 6.24. The van der Waals surface area contributed by atoms with Crippen molar-refractivity contribution in [2.45, 2.75) is 0 Å². The number of carbonyl (C=O) groups is 2. The maximum atomic E-state index is 12.5. The van der Waals surface area contributed by atoms with Crippen LogP contribution in [0.1, 0.15) is 5.56 Å². The lowest BCUT2D eigenvalue weighted by atomic mass is 10.0. The van der Waals surface area contributed by atoms with E-state index in [1.807, 2.05) is 0 Å². The van der Waals surface area contributed by atoms with Crippen molar-refractivity contribution in [3.05, 3.63) is 63.8 Å². The number of hydrogen-bond acceptors (Lipinski definition) is 4. The highest BCUT2D eigenvalue weighted by molar-refractivity contribution is 6.37. The van der Waals surface area contributed by atoms with E-state index in [2.05, 4.69) is 5.32 Å². The van der Waals surface area contributed by atoms with Crippen molar-refractivity contribution in [3.63, 3.8) is 0 Å². The summed E-state index contributed by atoms with van der Waals surface area (Å²) in [7, 11) is 2.96. The topological polar surface area (TPSA) is 58.6 Å². The molecule has 0 atom stereocenters. The quantitative estimate of drug-likeness (QED) is 0.823. The summed E-state index contributed by atoms with van der Waals surface area (Å²) in [6.45, 7) is 0. The van der Waals surface area contributed by atoms with Gasteiger partial charge in [-0.2, -0.15) is 0 Å². The number of imide groups is 1. The molecule has 0 saturated heterocycles. The fraction of sp³-hybridized carbons (Fsp3) is 0.111. The summed E-state index contributed by atoms with van der Waals surface area (Å²) >= 11 is 12.0. The van der Waals surface area contributed by atoms with Gasteiger partial charge in [-0.05, 0) is 35.9 Å². The van der Waals surface area contributed by atoms with Crippen molar-refractivity contribution in [3.8, 4) is 5.75 Å². The molecule has 0 aromatic heterocycles. The van der Waals surface area contributed by atoms with Crippen LogP contribution in [0.2, 0.25) is 10.0 Å². The zero-order valence-electron chi connectivity index (χ0n) is 13.5. The normalized spacial score (nSPS) is 14.3. The van der Waals surface area contributed by atoms with Crippen molar-refractivity contribution >= 4 is 46.3 Å². The largest absolute Gasteiger partial charge is 0.495 e. The van der Waals surface area contributed by atoms with Crippen LogP contribution in [0.3, 0.4) is 0 Å². The number of hydrogen-bond donors (Lipinski definition) is 1. The van der Waals surface area contributed by atoms with E-state index < -0.39 is 5.91 Å². The molecule has 1 aliphatic rings. The monoisotopic (exact) mass is 376 g/mol. The SMILES string of the molecule is COc1ccc(NC2=C(c3ccc(Cl)cc3)C(=O)N(C)C2=O)cc1Cl. The van der Waals surface area contributed by atoms with Crippen molar-refractivity contribution in [1.82, 2.24) is 4.90 Å². The predicted molar refractivity (Wildman–Crippen MR) is 97.8 cm³/mol. The Morgan fingerprint density at radius 3 is 2.28 bits per heavy atom. The number of nitrogens with zero attached hydrogens (tertiary/aromatic N) is 1. The molecule has 2 aromatic carbocycles. The number of halogens is 2. The van der Waals surface area contributed by atoms with Crippen LogP contribution in [0.15, 0.2) is 48.2 Å². The lowest BCUT2D eigenvalue weighted by Crippen LogP contribution is -2.27. The predicted octanol–water partition coefficient (Wildman–Crippen LogP) is 3.82. The number of carbonyl (C=O) groups excluding carboxylic acids is 2. The standard InChI is InChI=1S/C18H14Cl2N2O3/c1-22-17(23)15(10-3-5-11(19)6-4-10)16(18(22)24)21-12-7-8-14(25-2)13(20)9-12/h3-9,21H,1-2H3. The first-order chi connectivity index (χ1) is 11.9. The highest BCUT2D eigenvalue weighted by Crippen LogP contribution is 2.32. The molecular weight excluding hydrogens is 363 g/mol. The minimum absolute atomic E-state index is 0.191. The van der Waals surface area contributed by atoms with Gasteiger partial charge in [-0.25, -0.2) is 0 Å². The van der Waals surface area contributed by atoms with Crippen LogP contribution in [0.5, 0.6) is 5.75 Å². The molecule has 0 spiro atoms. The molecule has 0 saturated carbocycles. The molecule has 1 N–H and O–H groups in total. The molecule has 0 radical (unpaired) electrons. The number of amides is 2. The third-order valence-corrected chi connectivity index (χ3v) is 4.39. The smallest absolute Gasteiger partial charge is 0.277 e. The molecule has 0 bridgehead atoms. The van der Waals surface area contributed by atoms with Crippen LogP contribution in [-0.2, 0) is 9.59 Å². The molecule has 3 rings (SSSR count). The van der Waals surface area contributed by atoms with E-state index in [4.69, 9.17) is 27.9 Å². The summed E-state index contributed by atoms with van der Waals surface area (Å²) in [4.78, 5) is 26.0. The number of rotatable bonds is 4. The van der Waals surface area contributed by atoms with Crippen molar-refractivity contribution < 1.29 is 14.3 Å². The van der Waals surface area contributed by atoms with Gasteiger partial charge in [-0.3, -0.25) is 14.5 Å². The maximum Gasteiger partial charge on any atom is 0.277 e. The molecule has 0 aliphatic carbocycles. The second-order valence-electron chi connectivity index (χ2n) is 5.40. The Bertz CT molecular complexity index is 892. The highest BCUT2D eigenvalue weighted by Gasteiger charge is 2.36. The third kappa shape index (κ3) is 3.21. The van der Waals surface area contributed by atoms with Crippen LogP contribution in [0, 0.1) is 0 Å². The van der Waals surface area contributed by atoms with E-state index in [0.29, 0.717) is 27.0 Å². The highest BCUT2D eigenvalue weighted by atomic mass is 35.5. The van der Waals surface area contributed by atoms with E-state index in [9.17, 15) is 9.59 Å². The van der Waals surface area contributed by atoms with E-state index >= 15 is 0 Å². The Kier molecular flexibility index (Phi) is 4.70. The van der Waals surface area contributed by atoms with Gasteiger partial charge in [-0.1, -0.05) is 35.3 Å². The summed E-state index contributed by atoms with van der Waals surface area (Å²) in [5.74, 6) is -0.276. The van der Waals surface area contributed by atoms with Crippen LogP contribution < -0.4 is 10.1 Å². The van der Waals surface area contributed by atoms with E-state index in [1.165, 1.54) is 14.2 Å². The molecule has 7 heteroatoms. The molecule has 25 heavy (non-hydrogen) atoms. The van der Waals surface area contributed by atoms with Gasteiger partial charge in [0.2, 0.25) is 0 Å². The minimum Gasteiger partial charge on any atom is -0.495 e. The van der Waals surface area contributed by atoms with Crippen molar-refractivity contribution in [2.75, 3.05) is 19.5 Å². The number of anilines is 1. The number of likely N-dealkylation sites (N-methyl/N-ethyl adjacent to an activating group) is 1. The molecular formula is C18H14Cl2N2O3. The Morgan fingerprint density at radius 1 is 1.00 bits per heavy atom. The summed E-state index contributed by atoms with van der Waals surface area (Å²) in [6, 6.07) is 11.8. The molecule has 0 unspecified atom stereocenters. The molecule has 0 fully saturated rings. The van der Waals surface area contributed by atoms with Crippen LogP contribution >= 0.6 is 23.2 Å². The van der Waals surface area contributed by atoms with E-state index in [-0.39, 0.29) is 17.2 Å². The number of ether oxygens (including phenoxy) is 1. The van der Waals surface area contributed by atoms with Gasteiger partial charge in [-0.15, -0.1) is 0 Å². The number of benzene rings is 2. The third-order valence-electron chi connectivity index (χ3n) is 3.84. The first kappa shape index (κ1) is 17.3. The first-order valence-electron chi connectivity index (χ1n) is 7.35. The van der Waals surface area contributed by atoms with Gasteiger partial charge < -0.3 is 10.1 Å². The molecule has 2 aromatic rings. The Morgan fingerprint density at radius 2 is 1.68 bits per heavy atom. The molecule has 2 amide bonds. The Balaban J connectivity index is 2.05. The number of methoxy groups -OCH3 is 1. The average Bonchev–Trinajstić information content (AvgIpc) is 2.80. The van der Waals surface area contributed by atoms with Gasteiger partial charge in [0.1, 0.15) is 11.4 Å². The van der Waals surface area contributed by atoms with Crippen LogP contribution in [-0.4, -0.2) is 30.9 Å². The average molecular weight is 377 g/mol. The van der Waals surface area contributed by atoms with Gasteiger partial charge in [0.15, 0.2) is 0 Å². The lowest BCUT2D eigenvalue weighted by Gasteiger charge is -2.10. The lowest BCUT2D eigenvalue weighted by molar-refractivity contribution is -0.135. The molecule has 1 aliphatic heterocycles. The maximum absolute atomic E-state index is 12.5. The summed E-state index contributed by atoms with van der Waals surface area (Å²) < 4.78 is 5.11. The van der Waals surface area contributed by atoms with Gasteiger partial charge >= 0.3 is 0 Å². The molecule has 128 valence electrons. The second kappa shape index (κ2) is 6.78. The Hall–Kier alpha value is -2.50. The first-order valence-corrected chi connectivity index (χ1v) is 8.11. The van der Waals surface area contributed by atoms with Crippen LogP contribution in [0.25, 0.3) is 5.57 Å². The van der Waals surface area contributed by atoms with Crippen molar-refractivity contribution in [1.29, 1.82) is 0 Å². The zero-order valence-corrected chi connectivity index (χ0v) is 15.0. The summed E-state index contributed by atoms with van der Waals surface area (Å²) in [5.41, 5.74) is 1.66. The van der Waals surface area contributed by atoms with Gasteiger partial charge in [0.25, 0.3) is 11.8 Å². The zero-order chi connectivity index (χ0) is 18.1. The van der Waals surface area contributed by atoms with Crippen LogP contribution in [0.4, 0.5) is 5.69 Å². The Labute approximate surface area is 154 Å². The molecule has 1 heterocycles. The van der Waals surface area contributed by atoms with E-state index in [1.54, 1.807) is 42.5 Å². The molecule has 5 nitrogen and oxygen atoms in total. The summed E-state index contributed by atoms with van der Waals surface area (Å²) in [5, 5.41) is 3.94. The number of nitrogens with one attached hydrogen (secondary N) is 1. The van der Waals surface area contributed by atoms with E-state index in [0.717, 1.165) is 4.90 Å². The van der Waals surface area contributed by atoms with Gasteiger partial charge in [0, 0.05) is 17.8 Å². The van der Waals surface area contributed by atoms with Crippen molar-refractivity contribution in [2.24, 2.45) is 0 Å². The minimum atomic E-state index is -0.415. The van der Waals surface area contributed by atoms with Gasteiger partial charge in [0.05, 0.1) is 17.7 Å². The summed E-state index contributed by atoms with van der Waals surface area (Å²) in [6.07, 6.45) is 0.